The van der Waals surface area contributed by atoms with Crippen LogP contribution in [0.2, 0.25) is 0 Å². The molecular formula is C22H25N5O2. The van der Waals surface area contributed by atoms with E-state index in [9.17, 15) is 4.79 Å². The molecule has 2 aromatic heterocycles. The minimum atomic E-state index is -0.330. The summed E-state index contributed by atoms with van der Waals surface area (Å²) in [5, 5.41) is 7.26. The van der Waals surface area contributed by atoms with Crippen LogP contribution in [0.15, 0.2) is 59.4 Å². The molecule has 7 nitrogen and oxygen atoms in total. The van der Waals surface area contributed by atoms with E-state index in [-0.39, 0.29) is 11.4 Å². The molecule has 0 saturated carbocycles. The maximum Gasteiger partial charge on any atom is 0.317 e. The second-order valence-electron chi connectivity index (χ2n) is 7.71. The lowest BCUT2D eigenvalue weighted by Crippen LogP contribution is -2.51. The molecule has 29 heavy (non-hydrogen) atoms. The Morgan fingerprint density at radius 1 is 1.21 bits per heavy atom. The van der Waals surface area contributed by atoms with Crippen LogP contribution in [-0.4, -0.2) is 45.7 Å². The van der Waals surface area contributed by atoms with Crippen LogP contribution >= 0.6 is 0 Å². The number of carbonyl (C=O) groups excluding carboxylic acids is 1. The molecule has 0 bridgehead atoms. The molecule has 0 aliphatic carbocycles. The van der Waals surface area contributed by atoms with Crippen molar-refractivity contribution in [2.24, 2.45) is 0 Å². The molecule has 0 spiro atoms. The van der Waals surface area contributed by atoms with E-state index in [4.69, 9.17) is 4.52 Å². The summed E-state index contributed by atoms with van der Waals surface area (Å²) in [5.74, 6) is 1.12. The quantitative estimate of drug-likeness (QED) is 0.720. The predicted molar refractivity (Wildman–Crippen MR) is 109 cm³/mol. The summed E-state index contributed by atoms with van der Waals surface area (Å²) in [7, 11) is 0. The van der Waals surface area contributed by atoms with E-state index in [1.807, 2.05) is 35.2 Å². The van der Waals surface area contributed by atoms with Crippen molar-refractivity contribution in [3.8, 4) is 11.5 Å². The van der Waals surface area contributed by atoms with Gasteiger partial charge in [0.15, 0.2) is 5.82 Å². The Morgan fingerprint density at radius 2 is 2.00 bits per heavy atom. The Hall–Kier alpha value is -3.22. The molecule has 1 atom stereocenters. The second kappa shape index (κ2) is 8.43. The van der Waals surface area contributed by atoms with Gasteiger partial charge < -0.3 is 14.7 Å². The molecule has 1 fully saturated rings. The van der Waals surface area contributed by atoms with Crippen LogP contribution in [0, 0.1) is 0 Å². The molecule has 0 radical (unpaired) electrons. The first kappa shape index (κ1) is 19.1. The summed E-state index contributed by atoms with van der Waals surface area (Å²) in [5.41, 5.74) is 1.73. The van der Waals surface area contributed by atoms with E-state index in [0.29, 0.717) is 24.8 Å². The maximum absolute atomic E-state index is 12.7. The molecule has 1 saturated heterocycles. The SMILES string of the molecule is CC1(c2noc(-c3ccncc3)n2)CCCN(C(=O)NCCc2ccccc2)C1. The zero-order chi connectivity index (χ0) is 20.1. The topological polar surface area (TPSA) is 84.2 Å². The number of urea groups is 1. The normalized spacial score (nSPS) is 19.1. The van der Waals surface area contributed by atoms with Crippen molar-refractivity contribution >= 4 is 6.03 Å². The van der Waals surface area contributed by atoms with Crippen LogP contribution in [0.5, 0.6) is 0 Å². The highest BCUT2D eigenvalue weighted by atomic mass is 16.5. The molecule has 150 valence electrons. The largest absolute Gasteiger partial charge is 0.338 e. The number of nitrogens with zero attached hydrogens (tertiary/aromatic N) is 4. The van der Waals surface area contributed by atoms with Gasteiger partial charge in [0.05, 0.1) is 0 Å². The van der Waals surface area contributed by atoms with Gasteiger partial charge in [-0.3, -0.25) is 4.98 Å². The van der Waals surface area contributed by atoms with Crippen molar-refractivity contribution in [1.82, 2.24) is 25.3 Å². The van der Waals surface area contributed by atoms with Crippen LogP contribution < -0.4 is 5.32 Å². The molecule has 1 aromatic carbocycles. The Kier molecular flexibility index (Phi) is 5.55. The highest BCUT2D eigenvalue weighted by molar-refractivity contribution is 5.74. The lowest BCUT2D eigenvalue weighted by molar-refractivity contribution is 0.151. The Bertz CT molecular complexity index is 944. The fourth-order valence-electron chi connectivity index (χ4n) is 3.75. The van der Waals surface area contributed by atoms with Gasteiger partial charge in [0, 0.05) is 43.0 Å². The molecule has 4 rings (SSSR count). The third-order valence-electron chi connectivity index (χ3n) is 5.41. The first-order valence-electron chi connectivity index (χ1n) is 9.95. The predicted octanol–water partition coefficient (Wildman–Crippen LogP) is 3.44. The van der Waals surface area contributed by atoms with Crippen molar-refractivity contribution in [3.63, 3.8) is 0 Å². The minimum absolute atomic E-state index is 0.0373. The van der Waals surface area contributed by atoms with Crippen LogP contribution in [-0.2, 0) is 11.8 Å². The second-order valence-corrected chi connectivity index (χ2v) is 7.71. The molecule has 7 heteroatoms. The number of hydrogen-bond acceptors (Lipinski definition) is 5. The number of aromatic nitrogens is 3. The summed E-state index contributed by atoms with van der Waals surface area (Å²) in [4.78, 5) is 23.2. The number of pyridine rings is 1. The molecule has 1 unspecified atom stereocenters. The van der Waals surface area contributed by atoms with Crippen molar-refractivity contribution in [3.05, 3.63) is 66.2 Å². The van der Waals surface area contributed by atoms with Crippen molar-refractivity contribution in [1.29, 1.82) is 0 Å². The number of rotatable bonds is 5. The Labute approximate surface area is 170 Å². The van der Waals surface area contributed by atoms with Gasteiger partial charge in [0.25, 0.3) is 5.89 Å². The summed E-state index contributed by atoms with van der Waals surface area (Å²) < 4.78 is 5.47. The lowest BCUT2D eigenvalue weighted by atomic mass is 9.81. The third kappa shape index (κ3) is 4.45. The van der Waals surface area contributed by atoms with E-state index in [2.05, 4.69) is 39.5 Å². The highest BCUT2D eigenvalue weighted by Crippen LogP contribution is 2.33. The van der Waals surface area contributed by atoms with Crippen molar-refractivity contribution in [2.45, 2.75) is 31.6 Å². The maximum atomic E-state index is 12.7. The smallest absolute Gasteiger partial charge is 0.317 e. The molecule has 1 aliphatic rings. The van der Waals surface area contributed by atoms with E-state index in [0.717, 1.165) is 31.4 Å². The first-order chi connectivity index (χ1) is 14.1. The summed E-state index contributed by atoms with van der Waals surface area (Å²) >= 11 is 0. The number of benzene rings is 1. The van der Waals surface area contributed by atoms with Gasteiger partial charge in [-0.1, -0.05) is 42.4 Å². The zero-order valence-electron chi connectivity index (χ0n) is 16.5. The third-order valence-corrected chi connectivity index (χ3v) is 5.41. The minimum Gasteiger partial charge on any atom is -0.338 e. The van der Waals surface area contributed by atoms with Gasteiger partial charge in [0.2, 0.25) is 0 Å². The van der Waals surface area contributed by atoms with Gasteiger partial charge in [-0.05, 0) is 37.0 Å². The monoisotopic (exact) mass is 391 g/mol. The summed E-state index contributed by atoms with van der Waals surface area (Å²) in [6.07, 6.45) is 6.03. The number of piperidine rings is 1. The number of hydrogen-bond donors (Lipinski definition) is 1. The Morgan fingerprint density at radius 3 is 2.79 bits per heavy atom. The van der Waals surface area contributed by atoms with E-state index >= 15 is 0 Å². The van der Waals surface area contributed by atoms with Crippen LogP contribution in [0.3, 0.4) is 0 Å². The molecule has 2 amide bonds. The highest BCUT2D eigenvalue weighted by Gasteiger charge is 2.38. The number of carbonyl (C=O) groups is 1. The van der Waals surface area contributed by atoms with Gasteiger partial charge >= 0.3 is 6.03 Å². The molecule has 1 aliphatic heterocycles. The fourth-order valence-corrected chi connectivity index (χ4v) is 3.75. The van der Waals surface area contributed by atoms with E-state index in [1.54, 1.807) is 12.4 Å². The lowest BCUT2D eigenvalue weighted by Gasteiger charge is -2.38. The van der Waals surface area contributed by atoms with Gasteiger partial charge in [0.1, 0.15) is 0 Å². The van der Waals surface area contributed by atoms with Crippen LogP contribution in [0.25, 0.3) is 11.5 Å². The van der Waals surface area contributed by atoms with Crippen LogP contribution in [0.4, 0.5) is 4.79 Å². The number of nitrogens with one attached hydrogen (secondary N) is 1. The van der Waals surface area contributed by atoms with Crippen molar-refractivity contribution < 1.29 is 9.32 Å². The fraction of sp³-hybridized carbons (Fsp3) is 0.364. The van der Waals surface area contributed by atoms with Crippen molar-refractivity contribution in [2.75, 3.05) is 19.6 Å². The van der Waals surface area contributed by atoms with E-state index in [1.165, 1.54) is 5.56 Å². The summed E-state index contributed by atoms with van der Waals surface area (Å²) in [6.45, 7) is 4.02. The summed E-state index contributed by atoms with van der Waals surface area (Å²) in [6, 6.07) is 13.8. The van der Waals surface area contributed by atoms with Gasteiger partial charge in [-0.15, -0.1) is 0 Å². The van der Waals surface area contributed by atoms with Gasteiger partial charge in [-0.2, -0.15) is 4.98 Å². The average Bonchev–Trinajstić information content (AvgIpc) is 3.26. The number of likely N-dealkylation sites (tertiary alicyclic amines) is 1. The first-order valence-corrected chi connectivity index (χ1v) is 9.95. The average molecular weight is 391 g/mol. The standard InChI is InChI=1S/C22H25N5O2/c1-22(20-25-19(29-26-20)18-9-12-23-13-10-18)11-5-15-27(16-22)21(28)24-14-8-17-6-3-2-4-7-17/h2-4,6-7,9-10,12-13H,5,8,11,14-16H2,1H3,(H,24,28). The molecule has 1 N–H and O–H groups in total. The molecule has 3 aromatic rings. The van der Waals surface area contributed by atoms with Crippen LogP contribution in [0.1, 0.15) is 31.2 Å². The zero-order valence-corrected chi connectivity index (χ0v) is 16.5. The van der Waals surface area contributed by atoms with E-state index < -0.39 is 0 Å². The number of amides is 2. The molecule has 3 heterocycles. The van der Waals surface area contributed by atoms with Gasteiger partial charge in [-0.25, -0.2) is 4.79 Å². The molecular weight excluding hydrogens is 366 g/mol. The Balaban J connectivity index is 1.38.